The number of nitrogens with two attached hydrogens (primary N) is 1. The summed E-state index contributed by atoms with van der Waals surface area (Å²) >= 11 is 0. The Morgan fingerprint density at radius 2 is 1.61 bits per heavy atom. The molecule has 2 nitrogen and oxygen atoms in total. The third-order valence-corrected chi connectivity index (χ3v) is 3.22. The molecule has 2 N–H and O–H groups in total. The van der Waals surface area contributed by atoms with E-state index in [1.807, 2.05) is 39.1 Å². The van der Waals surface area contributed by atoms with Crippen LogP contribution in [0.4, 0.5) is 21.5 Å². The van der Waals surface area contributed by atoms with E-state index in [1.165, 1.54) is 6.07 Å². The molecule has 0 aliphatic carbocycles. The third-order valence-electron chi connectivity index (χ3n) is 3.22. The summed E-state index contributed by atoms with van der Waals surface area (Å²) in [6.07, 6.45) is 0. The van der Waals surface area contributed by atoms with Gasteiger partial charge in [0.2, 0.25) is 0 Å². The van der Waals surface area contributed by atoms with Crippen molar-refractivity contribution in [2.24, 2.45) is 0 Å². The smallest absolute Gasteiger partial charge is 0.146 e. The van der Waals surface area contributed by atoms with Crippen molar-refractivity contribution in [3.63, 3.8) is 0 Å². The highest BCUT2D eigenvalue weighted by atomic mass is 19.1. The average molecular weight is 244 g/mol. The normalized spacial score (nSPS) is 10.4. The number of halogens is 1. The molecule has 0 fully saturated rings. The van der Waals surface area contributed by atoms with Gasteiger partial charge in [-0.15, -0.1) is 0 Å². The average Bonchev–Trinajstić information content (AvgIpc) is 2.33. The SMILES string of the molecule is Cc1cc(N)c(N(C)c2ccccc2F)cc1C. The Morgan fingerprint density at radius 1 is 1.00 bits per heavy atom. The van der Waals surface area contributed by atoms with Crippen LogP contribution in [-0.4, -0.2) is 7.05 Å². The van der Waals surface area contributed by atoms with Gasteiger partial charge in [0.05, 0.1) is 17.1 Å². The lowest BCUT2D eigenvalue weighted by molar-refractivity contribution is 0.627. The van der Waals surface area contributed by atoms with Crippen molar-refractivity contribution in [2.75, 3.05) is 17.7 Å². The van der Waals surface area contributed by atoms with Crippen molar-refractivity contribution in [3.8, 4) is 0 Å². The number of benzene rings is 2. The van der Waals surface area contributed by atoms with Crippen LogP contribution in [0.3, 0.4) is 0 Å². The van der Waals surface area contributed by atoms with Crippen LogP contribution < -0.4 is 10.6 Å². The van der Waals surface area contributed by atoms with Gasteiger partial charge in [-0.2, -0.15) is 0 Å². The quantitative estimate of drug-likeness (QED) is 0.814. The van der Waals surface area contributed by atoms with Gasteiger partial charge in [0, 0.05) is 7.05 Å². The summed E-state index contributed by atoms with van der Waals surface area (Å²) in [6.45, 7) is 4.03. The molecule has 0 atom stereocenters. The molecule has 2 aromatic rings. The molecule has 18 heavy (non-hydrogen) atoms. The molecule has 0 saturated carbocycles. The number of nitrogen functional groups attached to an aromatic ring is 1. The Kier molecular flexibility index (Phi) is 3.24. The molecular formula is C15H17FN2. The predicted octanol–water partition coefficient (Wildman–Crippen LogP) is 3.79. The lowest BCUT2D eigenvalue weighted by atomic mass is 10.1. The van der Waals surface area contributed by atoms with Gasteiger partial charge in [-0.1, -0.05) is 12.1 Å². The fraction of sp³-hybridized carbons (Fsp3) is 0.200. The maximum absolute atomic E-state index is 13.8. The number of nitrogens with zero attached hydrogens (tertiary/aromatic N) is 1. The summed E-state index contributed by atoms with van der Waals surface area (Å²) in [4.78, 5) is 1.77. The van der Waals surface area contributed by atoms with Gasteiger partial charge in [0.15, 0.2) is 0 Å². The molecular weight excluding hydrogens is 227 g/mol. The van der Waals surface area contributed by atoms with E-state index in [-0.39, 0.29) is 5.82 Å². The van der Waals surface area contributed by atoms with Gasteiger partial charge in [-0.05, 0) is 49.2 Å². The zero-order valence-electron chi connectivity index (χ0n) is 10.9. The van der Waals surface area contributed by atoms with Gasteiger partial charge in [-0.25, -0.2) is 4.39 Å². The van der Waals surface area contributed by atoms with Gasteiger partial charge in [0.25, 0.3) is 0 Å². The van der Waals surface area contributed by atoms with Crippen LogP contribution in [0.25, 0.3) is 0 Å². The molecule has 0 aromatic heterocycles. The minimum atomic E-state index is -0.252. The molecule has 2 rings (SSSR count). The fourth-order valence-electron chi connectivity index (χ4n) is 1.97. The number of hydrogen-bond donors (Lipinski definition) is 1. The molecule has 0 amide bonds. The first kappa shape index (κ1) is 12.4. The number of hydrogen-bond acceptors (Lipinski definition) is 2. The van der Waals surface area contributed by atoms with E-state index >= 15 is 0 Å². The Hall–Kier alpha value is -2.03. The van der Waals surface area contributed by atoms with Crippen LogP contribution in [0.15, 0.2) is 36.4 Å². The maximum Gasteiger partial charge on any atom is 0.146 e. The summed E-state index contributed by atoms with van der Waals surface area (Å²) in [5, 5.41) is 0. The van der Waals surface area contributed by atoms with E-state index in [4.69, 9.17) is 5.73 Å². The summed E-state index contributed by atoms with van der Waals surface area (Å²) in [5.41, 5.74) is 10.3. The number of rotatable bonds is 2. The predicted molar refractivity (Wildman–Crippen MR) is 74.8 cm³/mol. The zero-order valence-corrected chi connectivity index (χ0v) is 10.9. The highest BCUT2D eigenvalue weighted by molar-refractivity contribution is 5.76. The third kappa shape index (κ3) is 2.16. The molecule has 0 heterocycles. The van der Waals surface area contributed by atoms with Crippen LogP contribution in [0.2, 0.25) is 0 Å². The van der Waals surface area contributed by atoms with Gasteiger partial charge < -0.3 is 10.6 Å². The highest BCUT2D eigenvalue weighted by Crippen LogP contribution is 2.32. The zero-order chi connectivity index (χ0) is 13.3. The first-order valence-corrected chi connectivity index (χ1v) is 5.85. The van der Waals surface area contributed by atoms with Crippen molar-refractivity contribution in [2.45, 2.75) is 13.8 Å². The van der Waals surface area contributed by atoms with Crippen molar-refractivity contribution < 1.29 is 4.39 Å². The molecule has 0 aliphatic rings. The molecule has 0 spiro atoms. The minimum absolute atomic E-state index is 0.252. The Morgan fingerprint density at radius 3 is 2.28 bits per heavy atom. The largest absolute Gasteiger partial charge is 0.397 e. The fourth-order valence-corrected chi connectivity index (χ4v) is 1.97. The van der Waals surface area contributed by atoms with E-state index in [9.17, 15) is 4.39 Å². The number of aryl methyl sites for hydroxylation is 2. The second-order valence-corrected chi connectivity index (χ2v) is 4.51. The van der Waals surface area contributed by atoms with E-state index in [1.54, 1.807) is 17.0 Å². The van der Waals surface area contributed by atoms with Crippen molar-refractivity contribution >= 4 is 17.1 Å². The van der Waals surface area contributed by atoms with Gasteiger partial charge in [-0.3, -0.25) is 0 Å². The molecule has 3 heteroatoms. The van der Waals surface area contributed by atoms with Crippen LogP contribution in [-0.2, 0) is 0 Å². The summed E-state index contributed by atoms with van der Waals surface area (Å²) in [6, 6.07) is 10.6. The lowest BCUT2D eigenvalue weighted by Crippen LogP contribution is -2.13. The molecule has 0 radical (unpaired) electrons. The first-order valence-electron chi connectivity index (χ1n) is 5.85. The molecule has 2 aromatic carbocycles. The molecule has 0 unspecified atom stereocenters. The van der Waals surface area contributed by atoms with E-state index in [0.717, 1.165) is 16.8 Å². The second-order valence-electron chi connectivity index (χ2n) is 4.51. The lowest BCUT2D eigenvalue weighted by Gasteiger charge is -2.23. The van der Waals surface area contributed by atoms with Crippen molar-refractivity contribution in [1.82, 2.24) is 0 Å². The van der Waals surface area contributed by atoms with Crippen LogP contribution in [0.5, 0.6) is 0 Å². The second kappa shape index (κ2) is 4.69. The summed E-state index contributed by atoms with van der Waals surface area (Å²) in [5.74, 6) is -0.252. The Bertz CT molecular complexity index is 579. The van der Waals surface area contributed by atoms with Crippen LogP contribution in [0.1, 0.15) is 11.1 Å². The van der Waals surface area contributed by atoms with Gasteiger partial charge >= 0.3 is 0 Å². The number of anilines is 3. The highest BCUT2D eigenvalue weighted by Gasteiger charge is 2.12. The first-order chi connectivity index (χ1) is 8.50. The summed E-state index contributed by atoms with van der Waals surface area (Å²) < 4.78 is 13.8. The standard InChI is InChI=1S/C15H17FN2/c1-10-8-13(17)15(9-11(10)2)18(3)14-7-5-4-6-12(14)16/h4-9H,17H2,1-3H3. The Labute approximate surface area is 107 Å². The maximum atomic E-state index is 13.8. The molecule has 0 saturated heterocycles. The summed E-state index contributed by atoms with van der Waals surface area (Å²) in [7, 11) is 1.82. The monoisotopic (exact) mass is 244 g/mol. The molecule has 0 bridgehead atoms. The van der Waals surface area contributed by atoms with Gasteiger partial charge in [0.1, 0.15) is 5.82 Å². The van der Waals surface area contributed by atoms with Crippen LogP contribution >= 0.6 is 0 Å². The Balaban J connectivity index is 2.50. The van der Waals surface area contributed by atoms with E-state index < -0.39 is 0 Å². The molecule has 0 aliphatic heterocycles. The topological polar surface area (TPSA) is 29.3 Å². The van der Waals surface area contributed by atoms with E-state index in [2.05, 4.69) is 0 Å². The van der Waals surface area contributed by atoms with Crippen molar-refractivity contribution in [1.29, 1.82) is 0 Å². The molecule has 94 valence electrons. The minimum Gasteiger partial charge on any atom is -0.397 e. The number of para-hydroxylation sites is 1. The van der Waals surface area contributed by atoms with E-state index in [0.29, 0.717) is 11.4 Å². The van der Waals surface area contributed by atoms with Crippen LogP contribution in [0, 0.1) is 19.7 Å². The van der Waals surface area contributed by atoms with Crippen molar-refractivity contribution in [3.05, 3.63) is 53.3 Å².